The third kappa shape index (κ3) is 4.07. The van der Waals surface area contributed by atoms with Crippen LogP contribution in [0, 0.1) is 0 Å². The van der Waals surface area contributed by atoms with E-state index in [1.165, 1.54) is 0 Å². The van der Waals surface area contributed by atoms with Crippen molar-refractivity contribution in [3.05, 3.63) is 0 Å². The van der Waals surface area contributed by atoms with Gasteiger partial charge in [-0.1, -0.05) is 13.3 Å². The standard InChI is InChI=1S/C10H16F3NO4S/c1-3-5-7-6-8(10(11,12)13)18-19(16)14(7)9(15)17-4-2/h7-8H,3-6H2,1-2H3/t7-,8-,19?/m0/s1. The van der Waals surface area contributed by atoms with Crippen LogP contribution in [0.15, 0.2) is 0 Å². The molecule has 0 bridgehead atoms. The highest BCUT2D eigenvalue weighted by atomic mass is 32.2. The van der Waals surface area contributed by atoms with Crippen LogP contribution in [0.2, 0.25) is 0 Å². The van der Waals surface area contributed by atoms with Crippen molar-refractivity contribution in [2.24, 2.45) is 0 Å². The first-order valence-corrected chi connectivity index (χ1v) is 6.96. The zero-order chi connectivity index (χ0) is 14.6. The van der Waals surface area contributed by atoms with Gasteiger partial charge >= 0.3 is 12.3 Å². The molecule has 0 spiro atoms. The van der Waals surface area contributed by atoms with Gasteiger partial charge < -0.3 is 4.74 Å². The van der Waals surface area contributed by atoms with E-state index in [4.69, 9.17) is 0 Å². The lowest BCUT2D eigenvalue weighted by molar-refractivity contribution is -0.202. The van der Waals surface area contributed by atoms with Crippen LogP contribution in [-0.2, 0) is 20.2 Å². The lowest BCUT2D eigenvalue weighted by Gasteiger charge is -2.36. The molecule has 1 fully saturated rings. The summed E-state index contributed by atoms with van der Waals surface area (Å²) < 4.78 is 59.3. The monoisotopic (exact) mass is 303 g/mol. The predicted molar refractivity (Wildman–Crippen MR) is 61.2 cm³/mol. The zero-order valence-electron chi connectivity index (χ0n) is 10.6. The second-order valence-corrected chi connectivity index (χ2v) is 5.07. The van der Waals surface area contributed by atoms with Crippen LogP contribution >= 0.6 is 0 Å². The summed E-state index contributed by atoms with van der Waals surface area (Å²) in [5, 5.41) is 0. The highest BCUT2D eigenvalue weighted by Crippen LogP contribution is 2.34. The Bertz CT molecular complexity index is 350. The van der Waals surface area contributed by atoms with Crippen LogP contribution in [0.3, 0.4) is 0 Å². The number of alkyl halides is 3. The van der Waals surface area contributed by atoms with E-state index in [-0.39, 0.29) is 6.61 Å². The summed E-state index contributed by atoms with van der Waals surface area (Å²) in [6.45, 7) is 3.37. The van der Waals surface area contributed by atoms with Gasteiger partial charge in [-0.25, -0.2) is 9.00 Å². The van der Waals surface area contributed by atoms with Gasteiger partial charge in [0.25, 0.3) is 11.3 Å². The molecule has 0 aromatic heterocycles. The molecule has 0 aromatic rings. The molecule has 9 heteroatoms. The lowest BCUT2D eigenvalue weighted by atomic mass is 10.0. The first-order chi connectivity index (χ1) is 8.81. The van der Waals surface area contributed by atoms with Crippen LogP contribution in [-0.4, -0.2) is 39.5 Å². The van der Waals surface area contributed by atoms with Crippen molar-refractivity contribution >= 4 is 17.4 Å². The molecule has 1 heterocycles. The largest absolute Gasteiger partial charge is 0.449 e. The molecule has 1 saturated heterocycles. The number of ether oxygens (including phenoxy) is 1. The average molecular weight is 303 g/mol. The minimum atomic E-state index is -4.59. The van der Waals surface area contributed by atoms with Crippen molar-refractivity contribution in [2.75, 3.05) is 6.61 Å². The molecule has 1 aliphatic rings. The SMILES string of the molecule is CCC[C@H]1C[C@@H](C(F)(F)F)OS(=O)N1C(=O)OCC. The maximum atomic E-state index is 12.6. The van der Waals surface area contributed by atoms with E-state index in [1.807, 2.05) is 0 Å². The van der Waals surface area contributed by atoms with E-state index in [0.717, 1.165) is 4.31 Å². The Morgan fingerprint density at radius 2 is 2.11 bits per heavy atom. The molecular weight excluding hydrogens is 287 g/mol. The fourth-order valence-electron chi connectivity index (χ4n) is 1.80. The van der Waals surface area contributed by atoms with Crippen molar-refractivity contribution < 1.29 is 31.1 Å². The number of rotatable bonds is 3. The smallest absolute Gasteiger partial charge is 0.423 e. The quantitative estimate of drug-likeness (QED) is 0.804. The topological polar surface area (TPSA) is 55.8 Å². The van der Waals surface area contributed by atoms with Crippen LogP contribution in [0.25, 0.3) is 0 Å². The van der Waals surface area contributed by atoms with Crippen LogP contribution in [0.4, 0.5) is 18.0 Å². The third-order valence-electron chi connectivity index (χ3n) is 2.61. The maximum absolute atomic E-state index is 12.6. The molecule has 3 atom stereocenters. The highest BCUT2D eigenvalue weighted by molar-refractivity contribution is 7.78. The average Bonchev–Trinajstić information content (AvgIpc) is 2.27. The molecule has 0 aromatic carbocycles. The first-order valence-electron chi connectivity index (χ1n) is 5.92. The van der Waals surface area contributed by atoms with Gasteiger partial charge in [0.15, 0.2) is 6.10 Å². The lowest BCUT2D eigenvalue weighted by Crippen LogP contribution is -2.52. The summed E-state index contributed by atoms with van der Waals surface area (Å²) in [6, 6.07) is -0.801. The van der Waals surface area contributed by atoms with Crippen molar-refractivity contribution in [1.29, 1.82) is 0 Å². The fraction of sp³-hybridized carbons (Fsp3) is 0.900. The summed E-state index contributed by atoms with van der Waals surface area (Å²) in [7, 11) is 0. The molecule has 0 saturated carbocycles. The number of hydrogen-bond donors (Lipinski definition) is 0. The van der Waals surface area contributed by atoms with Gasteiger partial charge in [0, 0.05) is 6.42 Å². The summed E-state index contributed by atoms with van der Waals surface area (Å²) in [6.07, 6.45) is -7.19. The third-order valence-corrected chi connectivity index (χ3v) is 3.78. The second-order valence-electron chi connectivity index (χ2n) is 4.05. The van der Waals surface area contributed by atoms with Crippen molar-refractivity contribution in [3.8, 4) is 0 Å². The summed E-state index contributed by atoms with van der Waals surface area (Å²) in [4.78, 5) is 11.6. The molecule has 1 rings (SSSR count). The van der Waals surface area contributed by atoms with Crippen LogP contribution in [0.5, 0.6) is 0 Å². The van der Waals surface area contributed by atoms with E-state index in [2.05, 4.69) is 8.92 Å². The Balaban J connectivity index is 2.88. The Morgan fingerprint density at radius 1 is 1.47 bits per heavy atom. The summed E-state index contributed by atoms with van der Waals surface area (Å²) >= 11 is -2.48. The van der Waals surface area contributed by atoms with E-state index >= 15 is 0 Å². The number of hydrogen-bond acceptors (Lipinski definition) is 4. The minimum Gasteiger partial charge on any atom is -0.449 e. The molecule has 0 aliphatic carbocycles. The number of amides is 1. The van der Waals surface area contributed by atoms with Gasteiger partial charge in [-0.15, -0.1) is 0 Å². The molecular formula is C10H16F3NO4S. The molecule has 1 aliphatic heterocycles. The number of nitrogens with zero attached hydrogens (tertiary/aromatic N) is 1. The molecule has 0 N–H and O–H groups in total. The molecule has 1 unspecified atom stereocenters. The van der Waals surface area contributed by atoms with Crippen molar-refractivity contribution in [1.82, 2.24) is 4.31 Å². The second kappa shape index (κ2) is 6.56. The van der Waals surface area contributed by atoms with Crippen molar-refractivity contribution in [3.63, 3.8) is 0 Å². The van der Waals surface area contributed by atoms with Gasteiger partial charge in [-0.3, -0.25) is 4.18 Å². The Hall–Kier alpha value is -0.830. The van der Waals surface area contributed by atoms with Gasteiger partial charge in [-0.2, -0.15) is 17.5 Å². The van der Waals surface area contributed by atoms with Crippen LogP contribution < -0.4 is 0 Å². The van der Waals surface area contributed by atoms with E-state index in [9.17, 15) is 22.2 Å². The number of halogens is 3. The molecule has 0 radical (unpaired) electrons. The fourth-order valence-corrected chi connectivity index (χ4v) is 2.89. The van der Waals surface area contributed by atoms with Gasteiger partial charge in [0.05, 0.1) is 12.6 Å². The van der Waals surface area contributed by atoms with Gasteiger partial charge in [0.1, 0.15) is 0 Å². The van der Waals surface area contributed by atoms with E-state index < -0.39 is 42.1 Å². The Kier molecular flexibility index (Phi) is 5.60. The normalized spacial score (nSPS) is 28.3. The minimum absolute atomic E-state index is 0.0497. The first kappa shape index (κ1) is 16.2. The molecule has 112 valence electrons. The summed E-state index contributed by atoms with van der Waals surface area (Å²) in [5.41, 5.74) is 0. The zero-order valence-corrected chi connectivity index (χ0v) is 11.4. The van der Waals surface area contributed by atoms with Gasteiger partial charge in [0.2, 0.25) is 0 Å². The van der Waals surface area contributed by atoms with Gasteiger partial charge in [-0.05, 0) is 13.3 Å². The summed E-state index contributed by atoms with van der Waals surface area (Å²) in [5.74, 6) is 0. The number of carbonyl (C=O) groups is 1. The predicted octanol–water partition coefficient (Wildman–Crippen LogP) is 2.54. The molecule has 5 nitrogen and oxygen atoms in total. The highest BCUT2D eigenvalue weighted by Gasteiger charge is 2.50. The molecule has 19 heavy (non-hydrogen) atoms. The maximum Gasteiger partial charge on any atom is 0.423 e. The van der Waals surface area contributed by atoms with Crippen LogP contribution in [0.1, 0.15) is 33.1 Å². The Morgan fingerprint density at radius 3 is 2.58 bits per heavy atom. The van der Waals surface area contributed by atoms with Crippen molar-refractivity contribution in [2.45, 2.75) is 51.4 Å². The van der Waals surface area contributed by atoms with E-state index in [1.54, 1.807) is 13.8 Å². The van der Waals surface area contributed by atoms with E-state index in [0.29, 0.717) is 12.8 Å². The number of carbonyl (C=O) groups excluding carboxylic acids is 1. The molecule has 1 amide bonds. The Labute approximate surface area is 111 Å².